The van der Waals surface area contributed by atoms with Gasteiger partial charge in [-0.15, -0.1) is 0 Å². The molecule has 1 heterocycles. The third-order valence-corrected chi connectivity index (χ3v) is 2.47. The molecule has 1 unspecified atom stereocenters. The van der Waals surface area contributed by atoms with Gasteiger partial charge in [0.25, 0.3) is 0 Å². The van der Waals surface area contributed by atoms with E-state index in [2.05, 4.69) is 10.3 Å². The fourth-order valence-corrected chi connectivity index (χ4v) is 1.75. The van der Waals surface area contributed by atoms with Gasteiger partial charge in [-0.3, -0.25) is 9.78 Å². The summed E-state index contributed by atoms with van der Waals surface area (Å²) in [5.41, 5.74) is 1.90. The molecule has 0 fully saturated rings. The molecule has 5 nitrogen and oxygen atoms in total. The lowest BCUT2D eigenvalue weighted by molar-refractivity contribution is -0.119. The molecule has 2 aromatic rings. The number of aromatic amines is 1. The highest BCUT2D eigenvalue weighted by atomic mass is 16.4. The molecule has 2 N–H and O–H groups in total. The molecule has 0 radical (unpaired) electrons. The number of hydrogen-bond acceptors (Lipinski definition) is 4. The first-order valence-electron chi connectivity index (χ1n) is 4.92. The molecule has 0 saturated carbocycles. The van der Waals surface area contributed by atoms with Crippen LogP contribution in [0.4, 0.5) is 0 Å². The zero-order chi connectivity index (χ0) is 11.7. The van der Waals surface area contributed by atoms with Crippen molar-refractivity contribution in [2.75, 3.05) is 7.05 Å². The average molecular weight is 220 g/mol. The van der Waals surface area contributed by atoms with Crippen molar-refractivity contribution in [2.24, 2.45) is 0 Å². The van der Waals surface area contributed by atoms with Gasteiger partial charge in [0.15, 0.2) is 11.4 Å². The van der Waals surface area contributed by atoms with Crippen molar-refractivity contribution in [3.8, 4) is 0 Å². The van der Waals surface area contributed by atoms with Crippen molar-refractivity contribution in [2.45, 2.75) is 13.0 Å². The first-order valence-corrected chi connectivity index (χ1v) is 4.92. The summed E-state index contributed by atoms with van der Waals surface area (Å²) in [5.74, 6) is -0.469. The number of nitrogens with one attached hydrogen (secondary N) is 2. The summed E-state index contributed by atoms with van der Waals surface area (Å²) in [6, 6.07) is 4.82. The molecule has 0 spiro atoms. The molecule has 0 saturated heterocycles. The van der Waals surface area contributed by atoms with Crippen LogP contribution < -0.4 is 11.1 Å². The Kier molecular flexibility index (Phi) is 2.62. The molecule has 0 aliphatic rings. The van der Waals surface area contributed by atoms with Gasteiger partial charge in [0.1, 0.15) is 0 Å². The maximum absolute atomic E-state index is 11.4. The number of H-pyrrole nitrogens is 1. The summed E-state index contributed by atoms with van der Waals surface area (Å²) in [4.78, 5) is 24.9. The molecule has 0 bridgehead atoms. The van der Waals surface area contributed by atoms with Gasteiger partial charge in [-0.1, -0.05) is 6.07 Å². The molecule has 16 heavy (non-hydrogen) atoms. The van der Waals surface area contributed by atoms with Gasteiger partial charge in [0.2, 0.25) is 0 Å². The molecule has 5 heteroatoms. The van der Waals surface area contributed by atoms with Crippen molar-refractivity contribution in [1.29, 1.82) is 0 Å². The van der Waals surface area contributed by atoms with Crippen LogP contribution in [0.5, 0.6) is 0 Å². The molecular formula is C11H12N2O3. The monoisotopic (exact) mass is 220 g/mol. The predicted octanol–water partition coefficient (Wildman–Crippen LogP) is 0.971. The van der Waals surface area contributed by atoms with Gasteiger partial charge >= 0.3 is 5.76 Å². The maximum Gasteiger partial charge on any atom is 0.417 e. The number of hydrogen-bond donors (Lipinski definition) is 2. The Balaban J connectivity index is 2.53. The normalized spacial score (nSPS) is 12.9. The van der Waals surface area contributed by atoms with E-state index in [4.69, 9.17) is 4.42 Å². The summed E-state index contributed by atoms with van der Waals surface area (Å²) >= 11 is 0. The Morgan fingerprint density at radius 1 is 1.50 bits per heavy atom. The predicted molar refractivity (Wildman–Crippen MR) is 59.3 cm³/mol. The second-order valence-corrected chi connectivity index (χ2v) is 3.60. The summed E-state index contributed by atoms with van der Waals surface area (Å²) < 4.78 is 4.88. The number of rotatable bonds is 3. The zero-order valence-corrected chi connectivity index (χ0v) is 9.03. The third kappa shape index (κ3) is 1.77. The fraction of sp³-hybridized carbons (Fsp3) is 0.273. The van der Waals surface area contributed by atoms with Crippen LogP contribution in [0.2, 0.25) is 0 Å². The Labute approximate surface area is 91.5 Å². The standard InChI is InChI=1S/C11H12N2O3/c1-6(14)10(12-2)7-3-4-9-8(5-7)13-11(15)16-9/h3-5,10,12H,1-2H3,(H,13,15). The van der Waals surface area contributed by atoms with E-state index in [1.54, 1.807) is 25.2 Å². The van der Waals surface area contributed by atoms with E-state index in [0.717, 1.165) is 5.56 Å². The Morgan fingerprint density at radius 3 is 2.88 bits per heavy atom. The van der Waals surface area contributed by atoms with Crippen LogP contribution in [0.25, 0.3) is 11.1 Å². The van der Waals surface area contributed by atoms with E-state index in [1.807, 2.05) is 0 Å². The van der Waals surface area contributed by atoms with Crippen molar-refractivity contribution in [3.63, 3.8) is 0 Å². The topological polar surface area (TPSA) is 75.1 Å². The molecule has 0 aliphatic carbocycles. The van der Waals surface area contributed by atoms with Crippen LogP contribution >= 0.6 is 0 Å². The third-order valence-electron chi connectivity index (χ3n) is 2.47. The lowest BCUT2D eigenvalue weighted by Crippen LogP contribution is -2.23. The molecule has 1 aromatic heterocycles. The van der Waals surface area contributed by atoms with E-state index in [-0.39, 0.29) is 11.8 Å². The van der Waals surface area contributed by atoms with Crippen LogP contribution in [-0.2, 0) is 4.79 Å². The van der Waals surface area contributed by atoms with E-state index in [9.17, 15) is 9.59 Å². The largest absolute Gasteiger partial charge is 0.417 e. The van der Waals surface area contributed by atoms with Crippen molar-refractivity contribution in [3.05, 3.63) is 34.3 Å². The number of oxazole rings is 1. The highest BCUT2D eigenvalue weighted by Gasteiger charge is 2.15. The van der Waals surface area contributed by atoms with Crippen molar-refractivity contribution >= 4 is 16.9 Å². The molecule has 0 aliphatic heterocycles. The minimum absolute atomic E-state index is 0.0210. The summed E-state index contributed by atoms with van der Waals surface area (Å²) in [6.45, 7) is 1.52. The van der Waals surface area contributed by atoms with Gasteiger partial charge in [0, 0.05) is 0 Å². The van der Waals surface area contributed by atoms with E-state index in [0.29, 0.717) is 11.1 Å². The van der Waals surface area contributed by atoms with Gasteiger partial charge in [-0.2, -0.15) is 0 Å². The number of carbonyl (C=O) groups is 1. The average Bonchev–Trinajstić information content (AvgIpc) is 2.57. The zero-order valence-electron chi connectivity index (χ0n) is 9.03. The minimum atomic E-state index is -0.490. The van der Waals surface area contributed by atoms with E-state index < -0.39 is 5.76 Å². The Morgan fingerprint density at radius 2 is 2.25 bits per heavy atom. The van der Waals surface area contributed by atoms with Gasteiger partial charge < -0.3 is 9.73 Å². The van der Waals surface area contributed by atoms with Crippen LogP contribution in [0, 0.1) is 0 Å². The fourth-order valence-electron chi connectivity index (χ4n) is 1.75. The number of benzene rings is 1. The van der Waals surface area contributed by atoms with Crippen molar-refractivity contribution in [1.82, 2.24) is 10.3 Å². The first kappa shape index (κ1) is 10.6. The minimum Gasteiger partial charge on any atom is -0.408 e. The highest BCUT2D eigenvalue weighted by Crippen LogP contribution is 2.18. The first-order chi connectivity index (χ1) is 7.61. The summed E-state index contributed by atoms with van der Waals surface area (Å²) in [6.07, 6.45) is 0. The second kappa shape index (κ2) is 3.94. The lowest BCUT2D eigenvalue weighted by Gasteiger charge is -2.12. The van der Waals surface area contributed by atoms with Crippen LogP contribution in [0.15, 0.2) is 27.4 Å². The molecule has 1 aromatic carbocycles. The number of fused-ring (bicyclic) bond motifs is 1. The van der Waals surface area contributed by atoms with Crippen LogP contribution in [0.1, 0.15) is 18.5 Å². The number of likely N-dealkylation sites (N-methyl/N-ethyl adjacent to an activating group) is 1. The quantitative estimate of drug-likeness (QED) is 0.808. The number of carbonyl (C=O) groups excluding carboxylic acids is 1. The van der Waals surface area contributed by atoms with Gasteiger partial charge in [0.05, 0.1) is 11.6 Å². The number of ketones is 1. The van der Waals surface area contributed by atoms with Crippen molar-refractivity contribution < 1.29 is 9.21 Å². The maximum atomic E-state index is 11.4. The lowest BCUT2D eigenvalue weighted by atomic mass is 10.0. The molecule has 84 valence electrons. The second-order valence-electron chi connectivity index (χ2n) is 3.60. The molecule has 0 amide bonds. The molecule has 1 atom stereocenters. The SMILES string of the molecule is CNC(C(C)=O)c1ccc2oc(=O)[nH]c2c1. The van der Waals surface area contributed by atoms with Gasteiger partial charge in [-0.25, -0.2) is 4.79 Å². The summed E-state index contributed by atoms with van der Waals surface area (Å²) in [5, 5.41) is 2.92. The van der Waals surface area contributed by atoms with Gasteiger partial charge in [-0.05, 0) is 31.7 Å². The Hall–Kier alpha value is -1.88. The highest BCUT2D eigenvalue weighted by molar-refractivity contribution is 5.84. The molecule has 2 rings (SSSR count). The smallest absolute Gasteiger partial charge is 0.408 e. The summed E-state index contributed by atoms with van der Waals surface area (Å²) in [7, 11) is 1.72. The van der Waals surface area contributed by atoms with Crippen LogP contribution in [-0.4, -0.2) is 17.8 Å². The number of Topliss-reactive ketones (excluding diaryl/α,β-unsaturated/α-hetero) is 1. The van der Waals surface area contributed by atoms with E-state index >= 15 is 0 Å². The van der Waals surface area contributed by atoms with Crippen LogP contribution in [0.3, 0.4) is 0 Å². The Bertz CT molecular complexity index is 582. The van der Waals surface area contributed by atoms with E-state index in [1.165, 1.54) is 6.92 Å². The number of aromatic nitrogens is 1. The molecular weight excluding hydrogens is 208 g/mol.